The quantitative estimate of drug-likeness (QED) is 0.794. The van der Waals surface area contributed by atoms with E-state index in [2.05, 4.69) is 31.2 Å². The maximum absolute atomic E-state index is 4.34. The van der Waals surface area contributed by atoms with Crippen molar-refractivity contribution in [2.24, 2.45) is 0 Å². The third-order valence-electron chi connectivity index (χ3n) is 3.95. The van der Waals surface area contributed by atoms with Gasteiger partial charge in [0.2, 0.25) is 0 Å². The minimum atomic E-state index is 0.914. The fourth-order valence-electron chi connectivity index (χ4n) is 2.89. The number of hydrogen-bond acceptors (Lipinski definition) is 4. The summed E-state index contributed by atoms with van der Waals surface area (Å²) in [6.07, 6.45) is 6.82. The largest absolute Gasteiger partial charge is 0.369 e. The first-order valence-electron chi connectivity index (χ1n) is 7.59. The summed E-state index contributed by atoms with van der Waals surface area (Å²) in [5.41, 5.74) is 2.04. The van der Waals surface area contributed by atoms with Gasteiger partial charge in [0.1, 0.15) is 17.8 Å². The van der Waals surface area contributed by atoms with Crippen LogP contribution in [-0.2, 0) is 0 Å². The molecular formula is C15H23N5. The number of likely N-dealkylation sites (tertiary alicyclic amines) is 1. The van der Waals surface area contributed by atoms with E-state index >= 15 is 0 Å². The normalized spacial score (nSPS) is 16.1. The van der Waals surface area contributed by atoms with Gasteiger partial charge >= 0.3 is 0 Å². The number of rotatable bonds is 6. The van der Waals surface area contributed by atoms with Crippen molar-refractivity contribution in [3.05, 3.63) is 18.1 Å². The third kappa shape index (κ3) is 3.10. The van der Waals surface area contributed by atoms with Gasteiger partial charge in [0.15, 0.2) is 0 Å². The number of fused-ring (bicyclic) bond motifs is 1. The predicted octanol–water partition coefficient (Wildman–Crippen LogP) is 2.55. The van der Waals surface area contributed by atoms with E-state index in [9.17, 15) is 0 Å². The number of H-pyrrole nitrogens is 1. The molecule has 3 rings (SSSR count). The number of anilines is 1. The maximum atomic E-state index is 4.34. The number of nitrogens with zero attached hydrogens (tertiary/aromatic N) is 3. The summed E-state index contributed by atoms with van der Waals surface area (Å²) in [4.78, 5) is 14.4. The lowest BCUT2D eigenvalue weighted by Gasteiger charge is -2.14. The second kappa shape index (κ2) is 6.22. The molecule has 3 heterocycles. The fourth-order valence-corrected chi connectivity index (χ4v) is 2.89. The Morgan fingerprint density at radius 1 is 1.25 bits per heavy atom. The van der Waals surface area contributed by atoms with Crippen LogP contribution in [0.2, 0.25) is 0 Å². The Balaban J connectivity index is 1.47. The lowest BCUT2D eigenvalue weighted by molar-refractivity contribution is 0.331. The molecule has 1 fully saturated rings. The van der Waals surface area contributed by atoms with Crippen LogP contribution >= 0.6 is 0 Å². The van der Waals surface area contributed by atoms with Crippen molar-refractivity contribution >= 4 is 16.9 Å². The van der Waals surface area contributed by atoms with Crippen LogP contribution in [0.25, 0.3) is 11.0 Å². The first kappa shape index (κ1) is 13.4. The highest BCUT2D eigenvalue weighted by Crippen LogP contribution is 2.19. The Bertz CT molecular complexity index is 556. The average molecular weight is 273 g/mol. The fraction of sp³-hybridized carbons (Fsp3) is 0.600. The molecule has 2 N–H and O–H groups in total. The molecule has 0 bridgehead atoms. The van der Waals surface area contributed by atoms with Crippen molar-refractivity contribution in [2.45, 2.75) is 32.6 Å². The van der Waals surface area contributed by atoms with Crippen LogP contribution in [0.4, 0.5) is 5.82 Å². The minimum absolute atomic E-state index is 0.914. The van der Waals surface area contributed by atoms with Crippen molar-refractivity contribution in [2.75, 3.05) is 31.5 Å². The van der Waals surface area contributed by atoms with Crippen molar-refractivity contribution in [3.63, 3.8) is 0 Å². The first-order valence-corrected chi connectivity index (χ1v) is 7.59. The van der Waals surface area contributed by atoms with E-state index in [0.717, 1.165) is 29.1 Å². The Kier molecular flexibility index (Phi) is 4.16. The van der Waals surface area contributed by atoms with Gasteiger partial charge in [-0.25, -0.2) is 9.97 Å². The Morgan fingerprint density at radius 3 is 2.95 bits per heavy atom. The predicted molar refractivity (Wildman–Crippen MR) is 82.0 cm³/mol. The molecule has 0 aromatic carbocycles. The van der Waals surface area contributed by atoms with Crippen LogP contribution in [0.1, 0.15) is 31.4 Å². The zero-order valence-corrected chi connectivity index (χ0v) is 12.2. The van der Waals surface area contributed by atoms with E-state index < -0.39 is 0 Å². The van der Waals surface area contributed by atoms with E-state index in [1.165, 1.54) is 45.3 Å². The molecule has 0 unspecified atom stereocenters. The molecule has 0 aliphatic carbocycles. The zero-order chi connectivity index (χ0) is 13.8. The van der Waals surface area contributed by atoms with E-state index in [4.69, 9.17) is 0 Å². The van der Waals surface area contributed by atoms with Gasteiger partial charge in [0.05, 0.1) is 5.39 Å². The molecule has 0 spiro atoms. The average Bonchev–Trinajstić information content (AvgIpc) is 3.06. The van der Waals surface area contributed by atoms with Crippen molar-refractivity contribution < 1.29 is 0 Å². The third-order valence-corrected chi connectivity index (χ3v) is 3.95. The molecule has 2 aromatic rings. The van der Waals surface area contributed by atoms with Crippen molar-refractivity contribution in [1.29, 1.82) is 0 Å². The summed E-state index contributed by atoms with van der Waals surface area (Å²) in [5, 5.41) is 4.52. The molecule has 0 saturated carbocycles. The molecule has 1 saturated heterocycles. The summed E-state index contributed by atoms with van der Waals surface area (Å²) in [6.45, 7) is 6.85. The zero-order valence-electron chi connectivity index (χ0n) is 12.2. The van der Waals surface area contributed by atoms with Crippen LogP contribution in [0.3, 0.4) is 0 Å². The maximum Gasteiger partial charge on any atom is 0.143 e. The van der Waals surface area contributed by atoms with Gasteiger partial charge in [-0.3, -0.25) is 0 Å². The standard InChI is InChI=1S/C15H23N5/c1-12-10-13-14(17-11-18-15(13)19-12)16-6-2-3-7-20-8-4-5-9-20/h10-11H,2-9H2,1H3,(H2,16,17,18,19). The smallest absolute Gasteiger partial charge is 0.143 e. The van der Waals surface area contributed by atoms with Gasteiger partial charge in [-0.1, -0.05) is 0 Å². The van der Waals surface area contributed by atoms with Crippen molar-refractivity contribution in [1.82, 2.24) is 19.9 Å². The summed E-state index contributed by atoms with van der Waals surface area (Å²) in [5.74, 6) is 0.945. The lowest BCUT2D eigenvalue weighted by atomic mass is 10.3. The molecule has 20 heavy (non-hydrogen) atoms. The number of hydrogen-bond donors (Lipinski definition) is 2. The number of aromatic amines is 1. The van der Waals surface area contributed by atoms with E-state index in [1.54, 1.807) is 6.33 Å². The first-order chi connectivity index (χ1) is 9.83. The molecule has 1 aliphatic rings. The molecule has 0 amide bonds. The second-order valence-corrected chi connectivity index (χ2v) is 5.62. The van der Waals surface area contributed by atoms with Crippen molar-refractivity contribution in [3.8, 4) is 0 Å². The topological polar surface area (TPSA) is 56.8 Å². The molecule has 5 nitrogen and oxygen atoms in total. The molecule has 0 radical (unpaired) electrons. The number of aromatic nitrogens is 3. The molecule has 5 heteroatoms. The summed E-state index contributed by atoms with van der Waals surface area (Å²) >= 11 is 0. The lowest BCUT2D eigenvalue weighted by Crippen LogP contribution is -2.20. The summed E-state index contributed by atoms with van der Waals surface area (Å²) < 4.78 is 0. The van der Waals surface area contributed by atoms with Crippen LogP contribution in [-0.4, -0.2) is 46.0 Å². The van der Waals surface area contributed by atoms with Gasteiger partial charge in [-0.2, -0.15) is 0 Å². The van der Waals surface area contributed by atoms with E-state index in [0.29, 0.717) is 0 Å². The Morgan fingerprint density at radius 2 is 2.10 bits per heavy atom. The van der Waals surface area contributed by atoms with Crippen LogP contribution < -0.4 is 5.32 Å². The number of aryl methyl sites for hydroxylation is 1. The number of nitrogens with one attached hydrogen (secondary N) is 2. The van der Waals surface area contributed by atoms with Crippen LogP contribution in [0, 0.1) is 6.92 Å². The van der Waals surface area contributed by atoms with Gasteiger partial charge in [-0.15, -0.1) is 0 Å². The highest BCUT2D eigenvalue weighted by atomic mass is 15.1. The van der Waals surface area contributed by atoms with Gasteiger partial charge in [0.25, 0.3) is 0 Å². The molecule has 1 aliphatic heterocycles. The minimum Gasteiger partial charge on any atom is -0.369 e. The monoisotopic (exact) mass is 273 g/mol. The van der Waals surface area contributed by atoms with Gasteiger partial charge in [0, 0.05) is 12.2 Å². The second-order valence-electron chi connectivity index (χ2n) is 5.62. The molecular weight excluding hydrogens is 250 g/mol. The van der Waals surface area contributed by atoms with Crippen LogP contribution in [0.5, 0.6) is 0 Å². The summed E-state index contributed by atoms with van der Waals surface area (Å²) in [7, 11) is 0. The molecule has 108 valence electrons. The summed E-state index contributed by atoms with van der Waals surface area (Å²) in [6, 6.07) is 2.10. The Hall–Kier alpha value is -1.62. The van der Waals surface area contributed by atoms with E-state index in [-0.39, 0.29) is 0 Å². The molecule has 0 atom stereocenters. The van der Waals surface area contributed by atoms with E-state index in [1.807, 2.05) is 6.92 Å². The number of unbranched alkanes of at least 4 members (excludes halogenated alkanes) is 1. The molecule has 2 aromatic heterocycles. The SMILES string of the molecule is Cc1cc2c(NCCCCN3CCCC3)ncnc2[nH]1. The van der Waals surface area contributed by atoms with Gasteiger partial charge < -0.3 is 15.2 Å². The Labute approximate surface area is 119 Å². The van der Waals surface area contributed by atoms with Crippen LogP contribution in [0.15, 0.2) is 12.4 Å². The highest BCUT2D eigenvalue weighted by molar-refractivity contribution is 5.87. The van der Waals surface area contributed by atoms with Gasteiger partial charge in [-0.05, 0) is 58.3 Å². The highest BCUT2D eigenvalue weighted by Gasteiger charge is 2.10.